The molecule has 2 N–H and O–H groups in total. The topological polar surface area (TPSA) is 57.5 Å². The molecule has 0 aromatic heterocycles. The third-order valence-electron chi connectivity index (χ3n) is 3.77. The molecule has 0 heterocycles. The monoisotopic (exact) mass is 186 g/mol. The van der Waals surface area contributed by atoms with Gasteiger partial charge in [0.25, 0.3) is 0 Å². The van der Waals surface area contributed by atoms with E-state index >= 15 is 0 Å². The molecule has 3 nitrogen and oxygen atoms in total. The smallest absolute Gasteiger partial charge is 0.332 e. The predicted molar refractivity (Wildman–Crippen MR) is 49.3 cm³/mol. The fourth-order valence-corrected chi connectivity index (χ4v) is 2.28. The Kier molecular flexibility index (Phi) is 2.66. The first-order chi connectivity index (χ1) is 5.87. The van der Waals surface area contributed by atoms with Gasteiger partial charge in [0.2, 0.25) is 0 Å². The van der Waals surface area contributed by atoms with Crippen molar-refractivity contribution < 1.29 is 15.0 Å². The second kappa shape index (κ2) is 3.29. The molecule has 3 heteroatoms. The molecule has 1 fully saturated rings. The van der Waals surface area contributed by atoms with Crippen LogP contribution in [0.5, 0.6) is 0 Å². The van der Waals surface area contributed by atoms with Crippen molar-refractivity contribution in [3.05, 3.63) is 0 Å². The van der Waals surface area contributed by atoms with Crippen LogP contribution < -0.4 is 0 Å². The quantitative estimate of drug-likeness (QED) is 0.687. The Morgan fingerprint density at radius 1 is 1.46 bits per heavy atom. The Labute approximate surface area is 78.8 Å². The zero-order chi connectivity index (χ0) is 10.2. The van der Waals surface area contributed by atoms with Crippen LogP contribution in [0.2, 0.25) is 0 Å². The summed E-state index contributed by atoms with van der Waals surface area (Å²) in [6, 6.07) is 0. The first-order valence-electron chi connectivity index (χ1n) is 4.78. The molecule has 0 bridgehead atoms. The Balaban J connectivity index is 2.77. The average molecular weight is 186 g/mol. The molecule has 0 spiro atoms. The lowest BCUT2D eigenvalue weighted by Crippen LogP contribution is -2.37. The SMILES string of the molecule is C[C@H]1CC[C@@H]([C@H](O)C(=O)O)C1(C)C. The second-order valence-electron chi connectivity index (χ2n) is 4.69. The molecule has 3 atom stereocenters. The Hall–Kier alpha value is -0.570. The maximum Gasteiger partial charge on any atom is 0.332 e. The van der Waals surface area contributed by atoms with Crippen LogP contribution in [0, 0.1) is 17.3 Å². The van der Waals surface area contributed by atoms with E-state index in [1.165, 1.54) is 0 Å². The molecule has 1 aliphatic carbocycles. The lowest BCUT2D eigenvalue weighted by atomic mass is 9.74. The zero-order valence-corrected chi connectivity index (χ0v) is 8.45. The minimum Gasteiger partial charge on any atom is -0.479 e. The number of hydrogen-bond acceptors (Lipinski definition) is 2. The molecule has 0 aliphatic heterocycles. The summed E-state index contributed by atoms with van der Waals surface area (Å²) in [6.45, 7) is 6.21. The molecular weight excluding hydrogens is 168 g/mol. The van der Waals surface area contributed by atoms with Crippen molar-refractivity contribution in [1.29, 1.82) is 0 Å². The Morgan fingerprint density at radius 2 is 2.00 bits per heavy atom. The molecule has 0 unspecified atom stereocenters. The fraction of sp³-hybridized carbons (Fsp3) is 0.900. The minimum atomic E-state index is -1.19. The molecule has 0 aromatic carbocycles. The van der Waals surface area contributed by atoms with E-state index in [2.05, 4.69) is 6.92 Å². The maximum absolute atomic E-state index is 10.6. The van der Waals surface area contributed by atoms with E-state index in [4.69, 9.17) is 5.11 Å². The van der Waals surface area contributed by atoms with Crippen molar-refractivity contribution in [3.8, 4) is 0 Å². The number of rotatable bonds is 2. The third-order valence-corrected chi connectivity index (χ3v) is 3.77. The molecule has 0 radical (unpaired) electrons. The van der Waals surface area contributed by atoms with E-state index < -0.39 is 12.1 Å². The van der Waals surface area contributed by atoms with Crippen molar-refractivity contribution in [2.45, 2.75) is 39.7 Å². The lowest BCUT2D eigenvalue weighted by molar-refractivity contribution is -0.152. The molecule has 76 valence electrons. The number of carboxylic acid groups (broad SMARTS) is 1. The number of aliphatic carboxylic acids is 1. The fourth-order valence-electron chi connectivity index (χ4n) is 2.28. The van der Waals surface area contributed by atoms with Gasteiger partial charge in [-0.05, 0) is 24.2 Å². The van der Waals surface area contributed by atoms with Gasteiger partial charge in [0.15, 0.2) is 6.10 Å². The van der Waals surface area contributed by atoms with E-state index in [0.29, 0.717) is 5.92 Å². The Morgan fingerprint density at radius 3 is 2.31 bits per heavy atom. The molecular formula is C10H18O3. The average Bonchev–Trinajstić information content (AvgIpc) is 2.26. The maximum atomic E-state index is 10.6. The van der Waals surface area contributed by atoms with Crippen LogP contribution in [0.25, 0.3) is 0 Å². The van der Waals surface area contributed by atoms with Gasteiger partial charge in [-0.2, -0.15) is 0 Å². The van der Waals surface area contributed by atoms with Crippen molar-refractivity contribution in [3.63, 3.8) is 0 Å². The van der Waals surface area contributed by atoms with Crippen molar-refractivity contribution >= 4 is 5.97 Å². The van der Waals surface area contributed by atoms with Gasteiger partial charge in [-0.1, -0.05) is 20.8 Å². The van der Waals surface area contributed by atoms with Gasteiger partial charge in [0, 0.05) is 5.92 Å². The van der Waals surface area contributed by atoms with E-state index in [0.717, 1.165) is 12.8 Å². The summed E-state index contributed by atoms with van der Waals surface area (Å²) >= 11 is 0. The van der Waals surface area contributed by atoms with Crippen LogP contribution >= 0.6 is 0 Å². The van der Waals surface area contributed by atoms with E-state index in [1.807, 2.05) is 13.8 Å². The van der Waals surface area contributed by atoms with Crippen molar-refractivity contribution in [1.82, 2.24) is 0 Å². The highest BCUT2D eigenvalue weighted by atomic mass is 16.4. The molecule has 1 saturated carbocycles. The second-order valence-corrected chi connectivity index (χ2v) is 4.69. The minimum absolute atomic E-state index is 0.0577. The summed E-state index contributed by atoms with van der Waals surface area (Å²) < 4.78 is 0. The van der Waals surface area contributed by atoms with Gasteiger partial charge in [0.05, 0.1) is 0 Å². The predicted octanol–water partition coefficient (Wildman–Crippen LogP) is 1.50. The normalized spacial score (nSPS) is 34.5. The molecule has 0 aromatic rings. The van der Waals surface area contributed by atoms with Gasteiger partial charge >= 0.3 is 5.97 Å². The van der Waals surface area contributed by atoms with Crippen LogP contribution in [-0.2, 0) is 4.79 Å². The number of carbonyl (C=O) groups is 1. The number of carboxylic acids is 1. The number of aliphatic hydroxyl groups excluding tert-OH is 1. The van der Waals surface area contributed by atoms with Crippen molar-refractivity contribution in [2.75, 3.05) is 0 Å². The summed E-state index contributed by atoms with van der Waals surface area (Å²) in [5.74, 6) is -0.696. The summed E-state index contributed by atoms with van der Waals surface area (Å²) in [7, 11) is 0. The summed E-state index contributed by atoms with van der Waals surface area (Å²) in [5.41, 5.74) is -0.0577. The van der Waals surface area contributed by atoms with Gasteiger partial charge in [-0.3, -0.25) is 0 Å². The molecule has 0 amide bonds. The van der Waals surface area contributed by atoms with Crippen LogP contribution in [0.4, 0.5) is 0 Å². The van der Waals surface area contributed by atoms with Crippen molar-refractivity contribution in [2.24, 2.45) is 17.3 Å². The lowest BCUT2D eigenvalue weighted by Gasteiger charge is -2.32. The third kappa shape index (κ3) is 1.70. The molecule has 13 heavy (non-hydrogen) atoms. The largest absolute Gasteiger partial charge is 0.479 e. The molecule has 1 aliphatic rings. The molecule has 0 saturated heterocycles. The van der Waals surface area contributed by atoms with Crippen LogP contribution in [0.15, 0.2) is 0 Å². The van der Waals surface area contributed by atoms with Gasteiger partial charge in [0.1, 0.15) is 0 Å². The first-order valence-corrected chi connectivity index (χ1v) is 4.78. The standard InChI is InChI=1S/C10H18O3/c1-6-4-5-7(10(6,2)3)8(11)9(12)13/h6-8,11H,4-5H2,1-3H3,(H,12,13)/t6-,7-,8-/m0/s1. The van der Waals surface area contributed by atoms with E-state index in [-0.39, 0.29) is 11.3 Å². The van der Waals surface area contributed by atoms with Gasteiger partial charge in [-0.25, -0.2) is 4.79 Å². The number of aliphatic hydroxyl groups is 1. The van der Waals surface area contributed by atoms with E-state index in [9.17, 15) is 9.90 Å². The van der Waals surface area contributed by atoms with Gasteiger partial charge in [-0.15, -0.1) is 0 Å². The highest BCUT2D eigenvalue weighted by Gasteiger charge is 2.45. The van der Waals surface area contributed by atoms with Crippen LogP contribution in [0.1, 0.15) is 33.6 Å². The molecule has 1 rings (SSSR count). The summed E-state index contributed by atoms with van der Waals surface area (Å²) in [4.78, 5) is 10.6. The highest BCUT2D eigenvalue weighted by Crippen LogP contribution is 2.48. The summed E-state index contributed by atoms with van der Waals surface area (Å²) in [6.07, 6.45) is 0.642. The van der Waals surface area contributed by atoms with Gasteiger partial charge < -0.3 is 10.2 Å². The highest BCUT2D eigenvalue weighted by molar-refractivity contribution is 5.72. The van der Waals surface area contributed by atoms with Crippen LogP contribution in [-0.4, -0.2) is 22.3 Å². The Bertz CT molecular complexity index is 210. The summed E-state index contributed by atoms with van der Waals surface area (Å²) in [5, 5.41) is 18.2. The zero-order valence-electron chi connectivity index (χ0n) is 8.45. The van der Waals surface area contributed by atoms with Crippen LogP contribution in [0.3, 0.4) is 0 Å². The first kappa shape index (κ1) is 10.5. The van der Waals surface area contributed by atoms with E-state index in [1.54, 1.807) is 0 Å². The number of hydrogen-bond donors (Lipinski definition) is 2.